The number of rotatable bonds is 4. The first-order valence-corrected chi connectivity index (χ1v) is 7.45. The highest BCUT2D eigenvalue weighted by atomic mass is 35.5. The van der Waals surface area contributed by atoms with Crippen LogP contribution in [0.15, 0.2) is 46.4 Å². The summed E-state index contributed by atoms with van der Waals surface area (Å²) in [7, 11) is 0. The summed E-state index contributed by atoms with van der Waals surface area (Å²) in [4.78, 5) is 0.779. The van der Waals surface area contributed by atoms with Crippen molar-refractivity contribution < 1.29 is 14.3 Å². The fourth-order valence-corrected chi connectivity index (χ4v) is 2.57. The number of ether oxygens (including phenoxy) is 1. The summed E-state index contributed by atoms with van der Waals surface area (Å²) in [6.07, 6.45) is 1.86. The Hall–Kier alpha value is -1.92. The molecule has 0 saturated carbocycles. The van der Waals surface area contributed by atoms with Crippen molar-refractivity contribution in [1.29, 1.82) is 0 Å². The number of nitrogens with two attached hydrogens (primary N) is 1. The summed E-state index contributed by atoms with van der Waals surface area (Å²) in [5.41, 5.74) is 6.15. The third kappa shape index (κ3) is 3.40. The van der Waals surface area contributed by atoms with Crippen LogP contribution in [0.3, 0.4) is 0 Å². The zero-order valence-corrected chi connectivity index (χ0v) is 12.6. The molecule has 2 aromatic carbocycles. The molecule has 0 bridgehead atoms. The van der Waals surface area contributed by atoms with Crippen molar-refractivity contribution in [1.82, 2.24) is 0 Å². The van der Waals surface area contributed by atoms with Gasteiger partial charge in [0, 0.05) is 4.90 Å². The van der Waals surface area contributed by atoms with Gasteiger partial charge in [-0.1, -0.05) is 22.8 Å². The molecular formula is C14H12ClFN2O2S. The fourth-order valence-electron chi connectivity index (χ4n) is 1.75. The SMILES string of the molecule is CSc1cccc(Oc2ccc(F)cc2Cl)c1/C(N)=N/O. The average Bonchev–Trinajstić information content (AvgIpc) is 2.49. The summed E-state index contributed by atoms with van der Waals surface area (Å²) in [5, 5.41) is 12.1. The Kier molecular flexibility index (Phi) is 4.93. The van der Waals surface area contributed by atoms with E-state index in [1.807, 2.05) is 12.3 Å². The van der Waals surface area contributed by atoms with Crippen LogP contribution in [-0.2, 0) is 0 Å². The van der Waals surface area contributed by atoms with Crippen LogP contribution < -0.4 is 10.5 Å². The Labute approximate surface area is 130 Å². The molecule has 3 N–H and O–H groups in total. The first-order valence-electron chi connectivity index (χ1n) is 5.84. The molecule has 0 fully saturated rings. The molecule has 0 unspecified atom stereocenters. The van der Waals surface area contributed by atoms with E-state index in [0.717, 1.165) is 11.0 Å². The molecule has 110 valence electrons. The van der Waals surface area contributed by atoms with Crippen molar-refractivity contribution in [2.75, 3.05) is 6.26 Å². The minimum atomic E-state index is -0.457. The monoisotopic (exact) mass is 326 g/mol. The summed E-state index contributed by atoms with van der Waals surface area (Å²) in [6, 6.07) is 9.05. The van der Waals surface area contributed by atoms with Gasteiger partial charge in [-0.15, -0.1) is 11.8 Å². The minimum absolute atomic E-state index is 0.0758. The highest BCUT2D eigenvalue weighted by Gasteiger charge is 2.15. The number of benzene rings is 2. The van der Waals surface area contributed by atoms with Gasteiger partial charge in [0.25, 0.3) is 0 Å². The zero-order valence-electron chi connectivity index (χ0n) is 11.0. The summed E-state index contributed by atoms with van der Waals surface area (Å²) < 4.78 is 18.7. The molecule has 21 heavy (non-hydrogen) atoms. The topological polar surface area (TPSA) is 67.8 Å². The lowest BCUT2D eigenvalue weighted by atomic mass is 10.2. The third-order valence-corrected chi connectivity index (χ3v) is 3.76. The van der Waals surface area contributed by atoms with E-state index in [1.165, 1.54) is 23.9 Å². The highest BCUT2D eigenvalue weighted by molar-refractivity contribution is 7.98. The predicted molar refractivity (Wildman–Crippen MR) is 82.2 cm³/mol. The number of hydrogen-bond acceptors (Lipinski definition) is 4. The molecule has 0 aliphatic rings. The lowest BCUT2D eigenvalue weighted by Gasteiger charge is -2.14. The molecule has 7 heteroatoms. The number of oxime groups is 1. The van der Waals surface area contributed by atoms with Crippen molar-refractivity contribution in [2.45, 2.75) is 4.90 Å². The van der Waals surface area contributed by atoms with Crippen LogP contribution in [0.1, 0.15) is 5.56 Å². The lowest BCUT2D eigenvalue weighted by molar-refractivity contribution is 0.318. The van der Waals surface area contributed by atoms with Crippen LogP contribution in [0, 0.1) is 5.82 Å². The average molecular weight is 327 g/mol. The Balaban J connectivity index is 2.49. The molecule has 0 aromatic heterocycles. The van der Waals surface area contributed by atoms with E-state index in [9.17, 15) is 4.39 Å². The van der Waals surface area contributed by atoms with E-state index in [-0.39, 0.29) is 16.6 Å². The van der Waals surface area contributed by atoms with E-state index in [4.69, 9.17) is 27.3 Å². The molecule has 0 heterocycles. The zero-order chi connectivity index (χ0) is 15.4. The van der Waals surface area contributed by atoms with Crippen LogP contribution in [-0.4, -0.2) is 17.3 Å². The molecule has 2 aromatic rings. The first-order chi connectivity index (χ1) is 10.1. The quantitative estimate of drug-likeness (QED) is 0.292. The number of hydrogen-bond donors (Lipinski definition) is 2. The predicted octanol–water partition coefficient (Wildman–Crippen LogP) is 4.09. The summed E-state index contributed by atoms with van der Waals surface area (Å²) in [6.45, 7) is 0. The molecule has 0 amide bonds. The largest absolute Gasteiger partial charge is 0.455 e. The number of nitrogens with zero attached hydrogens (tertiary/aromatic N) is 1. The van der Waals surface area contributed by atoms with E-state index >= 15 is 0 Å². The minimum Gasteiger partial charge on any atom is -0.455 e. The molecule has 0 saturated heterocycles. The van der Waals surface area contributed by atoms with Gasteiger partial charge in [-0.25, -0.2) is 4.39 Å². The van der Waals surface area contributed by atoms with Gasteiger partial charge in [-0.3, -0.25) is 0 Å². The van der Waals surface area contributed by atoms with Gasteiger partial charge in [0.05, 0.1) is 10.6 Å². The third-order valence-electron chi connectivity index (χ3n) is 2.69. The van der Waals surface area contributed by atoms with Crippen molar-refractivity contribution in [3.05, 3.63) is 52.8 Å². The van der Waals surface area contributed by atoms with E-state index < -0.39 is 5.82 Å². The molecule has 0 aliphatic heterocycles. The second-order valence-electron chi connectivity index (χ2n) is 4.00. The van der Waals surface area contributed by atoms with Crippen molar-refractivity contribution in [3.63, 3.8) is 0 Å². The maximum absolute atomic E-state index is 13.1. The van der Waals surface area contributed by atoms with E-state index in [0.29, 0.717) is 11.3 Å². The van der Waals surface area contributed by atoms with Crippen molar-refractivity contribution in [2.24, 2.45) is 10.9 Å². The van der Waals surface area contributed by atoms with Crippen molar-refractivity contribution >= 4 is 29.2 Å². The van der Waals surface area contributed by atoms with Gasteiger partial charge in [-0.05, 0) is 36.6 Å². The Morgan fingerprint density at radius 3 is 2.71 bits per heavy atom. The molecule has 0 atom stereocenters. The Morgan fingerprint density at radius 2 is 2.10 bits per heavy atom. The molecule has 2 rings (SSSR count). The first kappa shape index (κ1) is 15.5. The molecule has 0 spiro atoms. The van der Waals surface area contributed by atoms with Gasteiger partial charge < -0.3 is 15.7 Å². The van der Waals surface area contributed by atoms with Crippen LogP contribution in [0.25, 0.3) is 0 Å². The van der Waals surface area contributed by atoms with E-state index in [1.54, 1.807) is 12.1 Å². The van der Waals surface area contributed by atoms with Crippen LogP contribution in [0.5, 0.6) is 11.5 Å². The maximum atomic E-state index is 13.1. The standard InChI is InChI=1S/C14H12ClFN2O2S/c1-21-12-4-2-3-11(13(12)14(17)18-19)20-10-6-5-8(16)7-9(10)15/h2-7,19H,1H3,(H2,17,18). The maximum Gasteiger partial charge on any atom is 0.175 e. The lowest BCUT2D eigenvalue weighted by Crippen LogP contribution is -2.15. The highest BCUT2D eigenvalue weighted by Crippen LogP contribution is 2.35. The second kappa shape index (κ2) is 6.69. The van der Waals surface area contributed by atoms with Crippen molar-refractivity contribution in [3.8, 4) is 11.5 Å². The summed E-state index contributed by atoms with van der Waals surface area (Å²) in [5.74, 6) is 0.115. The second-order valence-corrected chi connectivity index (χ2v) is 5.25. The molecule has 0 radical (unpaired) electrons. The molecule has 4 nitrogen and oxygen atoms in total. The Bertz CT molecular complexity index is 695. The normalized spacial score (nSPS) is 11.5. The fraction of sp³-hybridized carbons (Fsp3) is 0.0714. The van der Waals surface area contributed by atoms with Gasteiger partial charge >= 0.3 is 0 Å². The van der Waals surface area contributed by atoms with E-state index in [2.05, 4.69) is 5.16 Å². The van der Waals surface area contributed by atoms with Gasteiger partial charge in [0.1, 0.15) is 17.3 Å². The number of halogens is 2. The number of amidine groups is 1. The van der Waals surface area contributed by atoms with Gasteiger partial charge in [-0.2, -0.15) is 0 Å². The van der Waals surface area contributed by atoms with Gasteiger partial charge in [0.2, 0.25) is 0 Å². The van der Waals surface area contributed by atoms with Crippen LogP contribution >= 0.6 is 23.4 Å². The number of thioether (sulfide) groups is 1. The smallest absolute Gasteiger partial charge is 0.175 e. The van der Waals surface area contributed by atoms with Gasteiger partial charge in [0.15, 0.2) is 5.84 Å². The molecular weight excluding hydrogens is 315 g/mol. The summed E-state index contributed by atoms with van der Waals surface area (Å²) >= 11 is 7.36. The Morgan fingerprint density at radius 1 is 1.33 bits per heavy atom. The molecule has 0 aliphatic carbocycles. The van der Waals surface area contributed by atoms with Crippen LogP contribution in [0.2, 0.25) is 5.02 Å². The van der Waals surface area contributed by atoms with Crippen LogP contribution in [0.4, 0.5) is 4.39 Å².